The van der Waals surface area contributed by atoms with Gasteiger partial charge in [-0.05, 0) is 31.5 Å². The lowest BCUT2D eigenvalue weighted by Crippen LogP contribution is -2.40. The van der Waals surface area contributed by atoms with Crippen molar-refractivity contribution in [3.63, 3.8) is 0 Å². The minimum atomic E-state index is -0.319. The number of ether oxygens (including phenoxy) is 2. The number of nitrogens with two attached hydrogens (primary N) is 1. The van der Waals surface area contributed by atoms with E-state index in [0.29, 0.717) is 18.8 Å². The van der Waals surface area contributed by atoms with Gasteiger partial charge in [0, 0.05) is 11.1 Å². The first-order valence-electron chi connectivity index (χ1n) is 5.96. The lowest BCUT2D eigenvalue weighted by atomic mass is 10.0. The van der Waals surface area contributed by atoms with Crippen LogP contribution in [0.1, 0.15) is 31.4 Å². The van der Waals surface area contributed by atoms with Crippen molar-refractivity contribution in [1.82, 2.24) is 0 Å². The van der Waals surface area contributed by atoms with Gasteiger partial charge in [-0.2, -0.15) is 5.26 Å². The van der Waals surface area contributed by atoms with Crippen molar-refractivity contribution in [3.8, 4) is 11.8 Å². The number of hydrogen-bond donors (Lipinski definition) is 1. The van der Waals surface area contributed by atoms with Crippen LogP contribution in [0.3, 0.4) is 0 Å². The van der Waals surface area contributed by atoms with E-state index in [1.807, 2.05) is 13.8 Å². The van der Waals surface area contributed by atoms with Gasteiger partial charge in [-0.25, -0.2) is 0 Å². The molecule has 0 saturated carbocycles. The van der Waals surface area contributed by atoms with Crippen LogP contribution in [-0.4, -0.2) is 19.3 Å². The van der Waals surface area contributed by atoms with Gasteiger partial charge < -0.3 is 15.2 Å². The fourth-order valence-corrected chi connectivity index (χ4v) is 1.46. The zero-order valence-corrected chi connectivity index (χ0v) is 11.2. The summed E-state index contributed by atoms with van der Waals surface area (Å²) in [5.74, 6) is 0.726. The van der Waals surface area contributed by atoms with Gasteiger partial charge in [0.1, 0.15) is 5.75 Å². The molecule has 0 amide bonds. The summed E-state index contributed by atoms with van der Waals surface area (Å²) < 4.78 is 10.8. The minimum absolute atomic E-state index is 0.319. The second kappa shape index (κ2) is 6.39. The number of nitrogens with zero attached hydrogens (tertiary/aromatic N) is 1. The zero-order valence-electron chi connectivity index (χ0n) is 11.2. The number of hydrogen-bond acceptors (Lipinski definition) is 4. The average Bonchev–Trinajstić information content (AvgIpc) is 2.38. The van der Waals surface area contributed by atoms with E-state index in [1.54, 1.807) is 25.3 Å². The third kappa shape index (κ3) is 4.02. The standard InChI is InChI=1S/C14H20N2O2/c1-4-14(2,16)10-18-9-12-7-11(8-15)5-6-13(12)17-3/h5-7H,4,9-10,16H2,1-3H3. The second-order valence-corrected chi connectivity index (χ2v) is 4.64. The molecule has 0 aromatic heterocycles. The molecule has 18 heavy (non-hydrogen) atoms. The third-order valence-electron chi connectivity index (χ3n) is 2.91. The maximum atomic E-state index is 8.87. The Bertz CT molecular complexity index is 436. The van der Waals surface area contributed by atoms with Gasteiger partial charge in [0.05, 0.1) is 32.0 Å². The summed E-state index contributed by atoms with van der Waals surface area (Å²) >= 11 is 0. The van der Waals surface area contributed by atoms with E-state index in [9.17, 15) is 0 Å². The number of rotatable bonds is 6. The maximum absolute atomic E-state index is 8.87. The predicted molar refractivity (Wildman–Crippen MR) is 70.2 cm³/mol. The molecular formula is C14H20N2O2. The molecular weight excluding hydrogens is 228 g/mol. The van der Waals surface area contributed by atoms with E-state index in [1.165, 1.54) is 0 Å². The molecule has 0 heterocycles. The van der Waals surface area contributed by atoms with Crippen LogP contribution in [0.4, 0.5) is 0 Å². The van der Waals surface area contributed by atoms with E-state index in [4.69, 9.17) is 20.5 Å². The number of benzene rings is 1. The molecule has 0 aliphatic carbocycles. The topological polar surface area (TPSA) is 68.3 Å². The van der Waals surface area contributed by atoms with Crippen molar-refractivity contribution in [2.75, 3.05) is 13.7 Å². The van der Waals surface area contributed by atoms with Gasteiger partial charge in [-0.15, -0.1) is 0 Å². The van der Waals surface area contributed by atoms with Gasteiger partial charge in [0.25, 0.3) is 0 Å². The Morgan fingerprint density at radius 3 is 2.72 bits per heavy atom. The summed E-state index contributed by atoms with van der Waals surface area (Å²) in [6, 6.07) is 7.38. The summed E-state index contributed by atoms with van der Waals surface area (Å²) in [5, 5.41) is 8.87. The molecule has 4 nitrogen and oxygen atoms in total. The monoisotopic (exact) mass is 248 g/mol. The van der Waals surface area contributed by atoms with Gasteiger partial charge in [-0.1, -0.05) is 6.92 Å². The van der Waals surface area contributed by atoms with Gasteiger partial charge in [0.15, 0.2) is 0 Å². The lowest BCUT2D eigenvalue weighted by Gasteiger charge is -2.22. The highest BCUT2D eigenvalue weighted by Gasteiger charge is 2.16. The summed E-state index contributed by atoms with van der Waals surface area (Å²) in [5.41, 5.74) is 7.14. The van der Waals surface area contributed by atoms with Crippen molar-refractivity contribution in [1.29, 1.82) is 5.26 Å². The third-order valence-corrected chi connectivity index (χ3v) is 2.91. The zero-order chi connectivity index (χ0) is 13.6. The van der Waals surface area contributed by atoms with Crippen molar-refractivity contribution < 1.29 is 9.47 Å². The highest BCUT2D eigenvalue weighted by atomic mass is 16.5. The molecule has 0 bridgehead atoms. The summed E-state index contributed by atoms with van der Waals surface area (Å²) in [4.78, 5) is 0. The highest BCUT2D eigenvalue weighted by molar-refractivity contribution is 5.41. The quantitative estimate of drug-likeness (QED) is 0.838. The summed E-state index contributed by atoms with van der Waals surface area (Å²) in [6.45, 7) is 4.85. The Morgan fingerprint density at radius 1 is 1.44 bits per heavy atom. The molecule has 0 aliphatic heterocycles. The number of methoxy groups -OCH3 is 1. The summed E-state index contributed by atoms with van der Waals surface area (Å²) in [7, 11) is 1.60. The highest BCUT2D eigenvalue weighted by Crippen LogP contribution is 2.21. The molecule has 0 aliphatic rings. The molecule has 1 unspecified atom stereocenters. The van der Waals surface area contributed by atoms with Gasteiger partial charge in [0.2, 0.25) is 0 Å². The van der Waals surface area contributed by atoms with Crippen LogP contribution in [0.25, 0.3) is 0 Å². The Labute approximate surface area is 108 Å². The molecule has 0 radical (unpaired) electrons. The van der Waals surface area contributed by atoms with Gasteiger partial charge >= 0.3 is 0 Å². The normalized spacial score (nSPS) is 13.7. The van der Waals surface area contributed by atoms with Crippen molar-refractivity contribution in [3.05, 3.63) is 29.3 Å². The smallest absolute Gasteiger partial charge is 0.124 e. The van der Waals surface area contributed by atoms with Crippen molar-refractivity contribution in [2.45, 2.75) is 32.4 Å². The first-order chi connectivity index (χ1) is 8.52. The van der Waals surface area contributed by atoms with Crippen molar-refractivity contribution >= 4 is 0 Å². The van der Waals surface area contributed by atoms with Crippen LogP contribution in [0.5, 0.6) is 5.75 Å². The molecule has 1 rings (SSSR count). The van der Waals surface area contributed by atoms with E-state index in [2.05, 4.69) is 6.07 Å². The SMILES string of the molecule is CCC(C)(N)COCc1cc(C#N)ccc1OC. The van der Waals surface area contributed by atoms with Crippen molar-refractivity contribution in [2.24, 2.45) is 5.73 Å². The fraction of sp³-hybridized carbons (Fsp3) is 0.500. The van der Waals surface area contributed by atoms with Gasteiger partial charge in [-0.3, -0.25) is 0 Å². The molecule has 1 atom stereocenters. The van der Waals surface area contributed by atoms with E-state index >= 15 is 0 Å². The minimum Gasteiger partial charge on any atom is -0.496 e. The predicted octanol–water partition coefficient (Wildman–Crippen LogP) is 2.21. The molecule has 0 fully saturated rings. The van der Waals surface area contributed by atoms with Crippen LogP contribution < -0.4 is 10.5 Å². The lowest BCUT2D eigenvalue weighted by molar-refractivity contribution is 0.0765. The van der Waals surface area contributed by atoms with Crippen LogP contribution in [0, 0.1) is 11.3 Å². The van der Waals surface area contributed by atoms with Crippen LogP contribution in [0.15, 0.2) is 18.2 Å². The first kappa shape index (κ1) is 14.5. The molecule has 1 aromatic carbocycles. The maximum Gasteiger partial charge on any atom is 0.124 e. The second-order valence-electron chi connectivity index (χ2n) is 4.64. The molecule has 98 valence electrons. The molecule has 0 saturated heterocycles. The van der Waals surface area contributed by atoms with Crippen LogP contribution >= 0.6 is 0 Å². The first-order valence-corrected chi connectivity index (χ1v) is 5.96. The fourth-order valence-electron chi connectivity index (χ4n) is 1.46. The van der Waals surface area contributed by atoms with E-state index in [0.717, 1.165) is 17.7 Å². The average molecular weight is 248 g/mol. The van der Waals surface area contributed by atoms with Crippen LogP contribution in [0.2, 0.25) is 0 Å². The summed E-state index contributed by atoms with van der Waals surface area (Å²) in [6.07, 6.45) is 0.850. The Kier molecular flexibility index (Phi) is 5.14. The Balaban J connectivity index is 2.69. The van der Waals surface area contributed by atoms with Crippen LogP contribution in [-0.2, 0) is 11.3 Å². The molecule has 0 spiro atoms. The molecule has 1 aromatic rings. The van der Waals surface area contributed by atoms with E-state index in [-0.39, 0.29) is 5.54 Å². The Morgan fingerprint density at radius 2 is 2.17 bits per heavy atom. The molecule has 4 heteroatoms. The Hall–Kier alpha value is -1.57. The van der Waals surface area contributed by atoms with E-state index < -0.39 is 0 Å². The largest absolute Gasteiger partial charge is 0.496 e. The number of nitriles is 1. The molecule has 2 N–H and O–H groups in total.